The first-order valence-corrected chi connectivity index (χ1v) is 13.0. The number of nitrogens with zero attached hydrogens (tertiary/aromatic N) is 3. The van der Waals surface area contributed by atoms with E-state index in [9.17, 15) is 4.79 Å². The molecule has 0 radical (unpaired) electrons. The lowest BCUT2D eigenvalue weighted by molar-refractivity contribution is 0.250. The summed E-state index contributed by atoms with van der Waals surface area (Å²) in [6.45, 7) is 2.05. The lowest BCUT2D eigenvalue weighted by Crippen LogP contribution is -2.34. The molecule has 2 aromatic heterocycles. The molecule has 2 heterocycles. The first-order valence-electron chi connectivity index (χ1n) is 13.0. The Morgan fingerprint density at radius 3 is 2.23 bits per heavy atom. The number of benzene rings is 3. The zero-order valence-corrected chi connectivity index (χ0v) is 22.1. The number of carbonyl (C=O) groups is 1. The molecular weight excluding hydrogens is 488 g/mol. The number of hydrogen-bond acceptors (Lipinski definition) is 6. The summed E-state index contributed by atoms with van der Waals surface area (Å²) in [7, 11) is 3.94. The number of amides is 2. The fourth-order valence-electron chi connectivity index (χ4n) is 4.39. The van der Waals surface area contributed by atoms with Crippen LogP contribution in [0.15, 0.2) is 95.7 Å². The number of nitrogens with one attached hydrogen (secondary N) is 3. The van der Waals surface area contributed by atoms with Crippen molar-refractivity contribution in [1.82, 2.24) is 20.2 Å². The SMILES string of the molecule is CN(C)CCNC(=O)Nc1ccc(CCNc2ncnc3oc(-c4ccccc4)c(-c4ccccc4)c23)cc1. The highest BCUT2D eigenvalue weighted by atomic mass is 16.3. The summed E-state index contributed by atoms with van der Waals surface area (Å²) >= 11 is 0. The fraction of sp³-hybridized carbons (Fsp3) is 0.194. The van der Waals surface area contributed by atoms with Gasteiger partial charge in [0.2, 0.25) is 5.71 Å². The van der Waals surface area contributed by atoms with Crippen molar-refractivity contribution in [2.24, 2.45) is 0 Å². The summed E-state index contributed by atoms with van der Waals surface area (Å²) in [4.78, 5) is 23.1. The molecule has 0 spiro atoms. The lowest BCUT2D eigenvalue weighted by Gasteiger charge is -2.12. The molecule has 0 bridgehead atoms. The standard InChI is InChI=1S/C31H32N6O2/c1-37(2)20-19-33-31(38)36-25-15-13-22(14-16-25)17-18-32-29-27-26(23-9-5-3-6-10-23)28(24-11-7-4-8-12-24)39-30(27)35-21-34-29/h3-16,21H,17-20H2,1-2H3,(H,32,34,35)(H2,33,36,38). The molecule has 3 aromatic carbocycles. The van der Waals surface area contributed by atoms with E-state index in [0.29, 0.717) is 18.8 Å². The third-order valence-corrected chi connectivity index (χ3v) is 6.35. The second-order valence-electron chi connectivity index (χ2n) is 9.50. The lowest BCUT2D eigenvalue weighted by atomic mass is 9.99. The number of furan rings is 1. The maximum absolute atomic E-state index is 12.1. The molecular formula is C31H32N6O2. The normalized spacial score (nSPS) is 11.1. The molecule has 0 aliphatic rings. The van der Waals surface area contributed by atoms with Crippen LogP contribution in [-0.2, 0) is 6.42 Å². The van der Waals surface area contributed by atoms with E-state index in [1.807, 2.05) is 91.8 Å². The molecule has 8 nitrogen and oxygen atoms in total. The number of urea groups is 1. The topological polar surface area (TPSA) is 95.3 Å². The summed E-state index contributed by atoms with van der Waals surface area (Å²) in [5.74, 6) is 1.51. The highest BCUT2D eigenvalue weighted by Crippen LogP contribution is 2.42. The van der Waals surface area contributed by atoms with E-state index < -0.39 is 0 Å². The smallest absolute Gasteiger partial charge is 0.319 e. The number of rotatable bonds is 10. The van der Waals surface area contributed by atoms with Gasteiger partial charge in [0.15, 0.2) is 0 Å². The van der Waals surface area contributed by atoms with Crippen LogP contribution >= 0.6 is 0 Å². The van der Waals surface area contributed by atoms with Crippen LogP contribution in [0.3, 0.4) is 0 Å². The van der Waals surface area contributed by atoms with Crippen LogP contribution in [0.1, 0.15) is 5.56 Å². The molecule has 0 atom stereocenters. The van der Waals surface area contributed by atoms with Gasteiger partial charge in [-0.15, -0.1) is 0 Å². The van der Waals surface area contributed by atoms with Crippen LogP contribution < -0.4 is 16.0 Å². The van der Waals surface area contributed by atoms with Gasteiger partial charge in [0.25, 0.3) is 0 Å². The number of carbonyl (C=O) groups excluding carboxylic acids is 1. The van der Waals surface area contributed by atoms with Crippen LogP contribution in [-0.4, -0.2) is 54.6 Å². The summed E-state index contributed by atoms with van der Waals surface area (Å²) in [5, 5.41) is 10.1. The van der Waals surface area contributed by atoms with E-state index >= 15 is 0 Å². The molecule has 0 saturated heterocycles. The minimum Gasteiger partial charge on any atom is -0.437 e. The Kier molecular flexibility index (Phi) is 8.14. The molecule has 8 heteroatoms. The van der Waals surface area contributed by atoms with Crippen molar-refractivity contribution in [2.75, 3.05) is 44.4 Å². The van der Waals surface area contributed by atoms with E-state index in [0.717, 1.165) is 57.9 Å². The number of likely N-dealkylation sites (N-methyl/N-ethyl adjacent to an activating group) is 1. The quantitative estimate of drug-likeness (QED) is 0.212. The summed E-state index contributed by atoms with van der Waals surface area (Å²) in [6, 6.07) is 27.9. The Morgan fingerprint density at radius 1 is 0.846 bits per heavy atom. The van der Waals surface area contributed by atoms with Crippen molar-refractivity contribution in [3.8, 4) is 22.5 Å². The fourth-order valence-corrected chi connectivity index (χ4v) is 4.39. The number of anilines is 2. The predicted molar refractivity (Wildman–Crippen MR) is 157 cm³/mol. The van der Waals surface area contributed by atoms with Crippen LogP contribution in [0.4, 0.5) is 16.3 Å². The van der Waals surface area contributed by atoms with E-state index in [4.69, 9.17) is 4.42 Å². The maximum atomic E-state index is 12.1. The van der Waals surface area contributed by atoms with E-state index in [-0.39, 0.29) is 6.03 Å². The van der Waals surface area contributed by atoms with Crippen molar-refractivity contribution < 1.29 is 9.21 Å². The van der Waals surface area contributed by atoms with Crippen molar-refractivity contribution in [3.05, 3.63) is 96.8 Å². The third-order valence-electron chi connectivity index (χ3n) is 6.35. The average molecular weight is 521 g/mol. The number of aromatic nitrogens is 2. The van der Waals surface area contributed by atoms with E-state index in [1.165, 1.54) is 6.33 Å². The minimum atomic E-state index is -0.205. The molecule has 5 aromatic rings. The number of hydrogen-bond donors (Lipinski definition) is 3. The van der Waals surface area contributed by atoms with Gasteiger partial charge in [0.05, 0.1) is 5.39 Å². The van der Waals surface area contributed by atoms with Gasteiger partial charge in [0, 0.05) is 36.4 Å². The molecule has 0 saturated carbocycles. The Labute approximate surface area is 228 Å². The Morgan fingerprint density at radius 2 is 1.54 bits per heavy atom. The maximum Gasteiger partial charge on any atom is 0.319 e. The second-order valence-corrected chi connectivity index (χ2v) is 9.50. The summed E-state index contributed by atoms with van der Waals surface area (Å²) < 4.78 is 6.29. The Balaban J connectivity index is 1.30. The van der Waals surface area contributed by atoms with Crippen LogP contribution in [0.2, 0.25) is 0 Å². The van der Waals surface area contributed by atoms with Gasteiger partial charge >= 0.3 is 6.03 Å². The van der Waals surface area contributed by atoms with E-state index in [2.05, 4.69) is 38.1 Å². The molecule has 3 N–H and O–H groups in total. The van der Waals surface area contributed by atoms with Gasteiger partial charge in [-0.25, -0.2) is 14.8 Å². The highest BCUT2D eigenvalue weighted by Gasteiger charge is 2.21. The average Bonchev–Trinajstić information content (AvgIpc) is 3.35. The first-order chi connectivity index (χ1) is 19.1. The van der Waals surface area contributed by atoms with Gasteiger partial charge in [-0.1, -0.05) is 72.8 Å². The zero-order valence-electron chi connectivity index (χ0n) is 22.1. The Hall–Kier alpha value is -4.69. The van der Waals surface area contributed by atoms with Crippen LogP contribution in [0, 0.1) is 0 Å². The number of fused-ring (bicyclic) bond motifs is 1. The summed E-state index contributed by atoms with van der Waals surface area (Å²) in [5.41, 5.74) is 5.45. The van der Waals surface area contributed by atoms with Crippen molar-refractivity contribution in [3.63, 3.8) is 0 Å². The van der Waals surface area contributed by atoms with E-state index in [1.54, 1.807) is 0 Å². The Bertz CT molecular complexity index is 1520. The van der Waals surface area contributed by atoms with Crippen LogP contribution in [0.5, 0.6) is 0 Å². The summed E-state index contributed by atoms with van der Waals surface area (Å²) in [6.07, 6.45) is 2.31. The van der Waals surface area contributed by atoms with Crippen molar-refractivity contribution in [1.29, 1.82) is 0 Å². The zero-order chi connectivity index (χ0) is 27.0. The van der Waals surface area contributed by atoms with Gasteiger partial charge in [0.1, 0.15) is 17.9 Å². The second kappa shape index (κ2) is 12.2. The molecule has 198 valence electrons. The molecule has 0 fully saturated rings. The first kappa shape index (κ1) is 25.9. The van der Waals surface area contributed by atoms with Gasteiger partial charge < -0.3 is 25.3 Å². The largest absolute Gasteiger partial charge is 0.437 e. The predicted octanol–water partition coefficient (Wildman–Crippen LogP) is 5.89. The molecule has 0 unspecified atom stereocenters. The minimum absolute atomic E-state index is 0.205. The monoisotopic (exact) mass is 520 g/mol. The van der Waals surface area contributed by atoms with Gasteiger partial charge in [-0.05, 0) is 43.8 Å². The van der Waals surface area contributed by atoms with Gasteiger partial charge in [-0.3, -0.25) is 0 Å². The molecule has 39 heavy (non-hydrogen) atoms. The molecule has 5 rings (SSSR count). The molecule has 0 aliphatic carbocycles. The third kappa shape index (κ3) is 6.42. The highest BCUT2D eigenvalue weighted by molar-refractivity contribution is 6.05. The molecule has 0 aliphatic heterocycles. The van der Waals surface area contributed by atoms with Crippen LogP contribution in [0.25, 0.3) is 33.6 Å². The van der Waals surface area contributed by atoms with Gasteiger partial charge in [-0.2, -0.15) is 0 Å². The molecule has 2 amide bonds. The van der Waals surface area contributed by atoms with Crippen molar-refractivity contribution in [2.45, 2.75) is 6.42 Å². The van der Waals surface area contributed by atoms with Crippen molar-refractivity contribution >= 4 is 28.6 Å².